The standard InChI is InChI=1S/C20H24F2N4OS.HI/c1-23-20(26-12-14-7-8-16(21)11-15(14)13-28-2)25-10-9-24-19(27)17-5-3-4-6-18(17)22;/h3-8,11H,9-10,12-13H2,1-2H3,(H,24,27)(H2,23,25,26);1H. The van der Waals surface area contributed by atoms with Gasteiger partial charge in [-0.3, -0.25) is 9.79 Å². The fourth-order valence-electron chi connectivity index (χ4n) is 2.55. The summed E-state index contributed by atoms with van der Waals surface area (Å²) in [5, 5.41) is 8.90. The quantitative estimate of drug-likeness (QED) is 0.210. The Hall–Kier alpha value is -1.88. The highest BCUT2D eigenvalue weighted by molar-refractivity contribution is 14.0. The first-order chi connectivity index (χ1) is 13.5. The third-order valence-electron chi connectivity index (χ3n) is 3.96. The van der Waals surface area contributed by atoms with Crippen molar-refractivity contribution < 1.29 is 13.6 Å². The molecule has 0 aromatic heterocycles. The van der Waals surface area contributed by atoms with E-state index in [0.717, 1.165) is 16.9 Å². The molecule has 158 valence electrons. The molecular formula is C20H25F2IN4OS. The third kappa shape index (κ3) is 8.17. The van der Waals surface area contributed by atoms with Crippen molar-refractivity contribution in [1.29, 1.82) is 0 Å². The molecule has 9 heteroatoms. The first-order valence-electron chi connectivity index (χ1n) is 8.78. The van der Waals surface area contributed by atoms with Crippen molar-refractivity contribution in [2.45, 2.75) is 12.3 Å². The zero-order valence-corrected chi connectivity index (χ0v) is 19.4. The molecule has 2 aromatic rings. The Labute approximate surface area is 191 Å². The molecule has 0 aliphatic heterocycles. The highest BCUT2D eigenvalue weighted by atomic mass is 127. The lowest BCUT2D eigenvalue weighted by Gasteiger charge is -2.14. The molecule has 5 nitrogen and oxygen atoms in total. The molecule has 0 aliphatic carbocycles. The number of guanidine groups is 1. The first kappa shape index (κ1) is 25.2. The van der Waals surface area contributed by atoms with E-state index >= 15 is 0 Å². The van der Waals surface area contributed by atoms with Crippen molar-refractivity contribution in [3.63, 3.8) is 0 Å². The van der Waals surface area contributed by atoms with Gasteiger partial charge < -0.3 is 16.0 Å². The van der Waals surface area contributed by atoms with E-state index in [1.807, 2.05) is 6.26 Å². The van der Waals surface area contributed by atoms with E-state index in [-0.39, 0.29) is 35.4 Å². The van der Waals surface area contributed by atoms with Crippen LogP contribution in [0.4, 0.5) is 8.78 Å². The van der Waals surface area contributed by atoms with Gasteiger partial charge in [-0.2, -0.15) is 11.8 Å². The van der Waals surface area contributed by atoms with Gasteiger partial charge >= 0.3 is 0 Å². The van der Waals surface area contributed by atoms with Gasteiger partial charge in [0.1, 0.15) is 11.6 Å². The number of hydrogen-bond donors (Lipinski definition) is 3. The van der Waals surface area contributed by atoms with Crippen LogP contribution in [0.3, 0.4) is 0 Å². The maximum Gasteiger partial charge on any atom is 0.254 e. The van der Waals surface area contributed by atoms with Gasteiger partial charge in [-0.15, -0.1) is 24.0 Å². The zero-order chi connectivity index (χ0) is 20.4. The molecule has 2 rings (SSSR count). The largest absolute Gasteiger partial charge is 0.355 e. The van der Waals surface area contributed by atoms with Crippen LogP contribution < -0.4 is 16.0 Å². The minimum atomic E-state index is -0.550. The molecule has 0 unspecified atom stereocenters. The van der Waals surface area contributed by atoms with Gasteiger partial charge in [-0.05, 0) is 41.6 Å². The van der Waals surface area contributed by atoms with Crippen LogP contribution in [0.15, 0.2) is 47.5 Å². The normalized spacial score (nSPS) is 10.8. The number of rotatable bonds is 8. The van der Waals surface area contributed by atoms with E-state index in [4.69, 9.17) is 0 Å². The third-order valence-corrected chi connectivity index (χ3v) is 4.56. The van der Waals surface area contributed by atoms with Crippen molar-refractivity contribution in [1.82, 2.24) is 16.0 Å². The maximum atomic E-state index is 13.6. The average Bonchev–Trinajstić information content (AvgIpc) is 2.69. The molecule has 29 heavy (non-hydrogen) atoms. The molecule has 1 amide bonds. The van der Waals surface area contributed by atoms with Crippen molar-refractivity contribution in [2.24, 2.45) is 4.99 Å². The van der Waals surface area contributed by atoms with E-state index in [2.05, 4.69) is 20.9 Å². The number of aliphatic imine (C=N–C) groups is 1. The first-order valence-corrected chi connectivity index (χ1v) is 10.2. The molecule has 3 N–H and O–H groups in total. The number of carbonyl (C=O) groups is 1. The lowest BCUT2D eigenvalue weighted by molar-refractivity contribution is 0.0950. The Morgan fingerprint density at radius 3 is 2.45 bits per heavy atom. The number of carbonyl (C=O) groups excluding carboxylic acids is 1. The van der Waals surface area contributed by atoms with Crippen LogP contribution in [0.1, 0.15) is 21.5 Å². The molecule has 0 saturated heterocycles. The smallest absolute Gasteiger partial charge is 0.254 e. The highest BCUT2D eigenvalue weighted by Gasteiger charge is 2.10. The number of halogens is 3. The summed E-state index contributed by atoms with van der Waals surface area (Å²) in [6.45, 7) is 1.22. The number of thioether (sulfide) groups is 1. The summed E-state index contributed by atoms with van der Waals surface area (Å²) in [6, 6.07) is 10.6. The van der Waals surface area contributed by atoms with E-state index in [9.17, 15) is 13.6 Å². The lowest BCUT2D eigenvalue weighted by atomic mass is 10.1. The fourth-order valence-corrected chi connectivity index (χ4v) is 3.13. The second-order valence-electron chi connectivity index (χ2n) is 5.93. The molecule has 0 fully saturated rings. The Morgan fingerprint density at radius 1 is 1.03 bits per heavy atom. The number of nitrogens with one attached hydrogen (secondary N) is 3. The summed E-state index contributed by atoms with van der Waals surface area (Å²) < 4.78 is 27.0. The van der Waals surface area contributed by atoms with E-state index in [0.29, 0.717) is 25.6 Å². The molecule has 0 atom stereocenters. The summed E-state index contributed by atoms with van der Waals surface area (Å²) in [7, 11) is 1.64. The van der Waals surface area contributed by atoms with Crippen LogP contribution in [0, 0.1) is 11.6 Å². The van der Waals surface area contributed by atoms with Crippen molar-refractivity contribution in [3.05, 3.63) is 70.8 Å². The molecule has 2 aromatic carbocycles. The van der Waals surface area contributed by atoms with Crippen LogP contribution in [-0.4, -0.2) is 38.3 Å². The van der Waals surface area contributed by atoms with Gasteiger partial charge in [0.15, 0.2) is 5.96 Å². The van der Waals surface area contributed by atoms with Crippen LogP contribution >= 0.6 is 35.7 Å². The monoisotopic (exact) mass is 534 g/mol. The average molecular weight is 534 g/mol. The van der Waals surface area contributed by atoms with Gasteiger partial charge in [-0.25, -0.2) is 8.78 Å². The second-order valence-corrected chi connectivity index (χ2v) is 6.80. The van der Waals surface area contributed by atoms with E-state index in [1.165, 1.54) is 24.3 Å². The predicted molar refractivity (Wildman–Crippen MR) is 126 cm³/mol. The number of nitrogens with zero attached hydrogens (tertiary/aromatic N) is 1. The Bertz CT molecular complexity index is 836. The van der Waals surface area contributed by atoms with Crippen molar-refractivity contribution in [2.75, 3.05) is 26.4 Å². The summed E-state index contributed by atoms with van der Waals surface area (Å²) >= 11 is 1.63. The second kappa shape index (κ2) is 13.4. The molecule has 0 bridgehead atoms. The van der Waals surface area contributed by atoms with Gasteiger partial charge in [0.2, 0.25) is 0 Å². The number of amides is 1. The minimum Gasteiger partial charge on any atom is -0.355 e. The predicted octanol–water partition coefficient (Wildman–Crippen LogP) is 3.54. The summed E-state index contributed by atoms with van der Waals surface area (Å²) in [5.41, 5.74) is 1.95. The topological polar surface area (TPSA) is 65.5 Å². The number of hydrogen-bond acceptors (Lipinski definition) is 3. The summed E-state index contributed by atoms with van der Waals surface area (Å²) in [4.78, 5) is 16.1. The summed E-state index contributed by atoms with van der Waals surface area (Å²) in [6.07, 6.45) is 1.97. The highest BCUT2D eigenvalue weighted by Crippen LogP contribution is 2.16. The number of benzene rings is 2. The maximum absolute atomic E-state index is 13.6. The lowest BCUT2D eigenvalue weighted by Crippen LogP contribution is -2.41. The Kier molecular flexibility index (Phi) is 11.6. The molecule has 0 radical (unpaired) electrons. The Balaban J connectivity index is 0.00000420. The van der Waals surface area contributed by atoms with Crippen LogP contribution in [-0.2, 0) is 12.3 Å². The fraction of sp³-hybridized carbons (Fsp3) is 0.300. The van der Waals surface area contributed by atoms with Crippen LogP contribution in [0.2, 0.25) is 0 Å². The molecular weight excluding hydrogens is 509 g/mol. The molecule has 0 spiro atoms. The summed E-state index contributed by atoms with van der Waals surface area (Å²) in [5.74, 6) is 0.0187. The molecule has 0 heterocycles. The van der Waals surface area contributed by atoms with Crippen molar-refractivity contribution >= 4 is 47.6 Å². The van der Waals surface area contributed by atoms with E-state index < -0.39 is 11.7 Å². The van der Waals surface area contributed by atoms with Crippen LogP contribution in [0.5, 0.6) is 0 Å². The zero-order valence-electron chi connectivity index (χ0n) is 16.3. The van der Waals surface area contributed by atoms with Gasteiger partial charge in [-0.1, -0.05) is 18.2 Å². The van der Waals surface area contributed by atoms with Gasteiger partial charge in [0, 0.05) is 32.4 Å². The minimum absolute atomic E-state index is 0. The Morgan fingerprint density at radius 2 is 1.76 bits per heavy atom. The van der Waals surface area contributed by atoms with Crippen LogP contribution in [0.25, 0.3) is 0 Å². The van der Waals surface area contributed by atoms with Gasteiger partial charge in [0.25, 0.3) is 5.91 Å². The van der Waals surface area contributed by atoms with E-state index in [1.54, 1.807) is 37.0 Å². The van der Waals surface area contributed by atoms with Crippen molar-refractivity contribution in [3.8, 4) is 0 Å². The SMILES string of the molecule is CN=C(NCCNC(=O)c1ccccc1F)NCc1ccc(F)cc1CSC.I. The van der Waals surface area contributed by atoms with Gasteiger partial charge in [0.05, 0.1) is 5.56 Å². The molecule has 0 aliphatic rings. The molecule has 0 saturated carbocycles.